The lowest BCUT2D eigenvalue weighted by molar-refractivity contribution is -0.108. The molecule has 1 heterocycles. The molecule has 1 aromatic carbocycles. The zero-order valence-electron chi connectivity index (χ0n) is 10.9. The highest BCUT2D eigenvalue weighted by atomic mass is 19.1. The van der Waals surface area contributed by atoms with Crippen molar-refractivity contribution in [3.05, 3.63) is 35.1 Å². The number of nitrogens with zero attached hydrogens (tertiary/aromatic N) is 1. The third kappa shape index (κ3) is 3.16. The number of carbonyl (C=O) groups is 1. The molecule has 2 rings (SSSR count). The molecular weight excluding hydrogens is 229 g/mol. The van der Waals surface area contributed by atoms with E-state index < -0.39 is 0 Å². The molecule has 0 radical (unpaired) electrons. The molecule has 1 aromatic rings. The number of rotatable bonds is 5. The Morgan fingerprint density at radius 2 is 2.11 bits per heavy atom. The van der Waals surface area contributed by atoms with Gasteiger partial charge in [0.2, 0.25) is 0 Å². The maximum absolute atomic E-state index is 14.0. The fraction of sp³-hybridized carbons (Fsp3) is 0.533. The highest BCUT2D eigenvalue weighted by Gasteiger charge is 2.15. The van der Waals surface area contributed by atoms with E-state index in [4.69, 9.17) is 0 Å². The molecule has 0 spiro atoms. The summed E-state index contributed by atoms with van der Waals surface area (Å²) in [5.41, 5.74) is 1.67. The van der Waals surface area contributed by atoms with Gasteiger partial charge in [-0.2, -0.15) is 0 Å². The summed E-state index contributed by atoms with van der Waals surface area (Å²) < 4.78 is 14.0. The number of hydrogen-bond acceptors (Lipinski definition) is 2. The first-order valence-corrected chi connectivity index (χ1v) is 6.65. The van der Waals surface area contributed by atoms with Crippen molar-refractivity contribution in [3.63, 3.8) is 0 Å². The molecule has 3 heteroatoms. The van der Waals surface area contributed by atoms with Crippen molar-refractivity contribution in [2.45, 2.75) is 38.6 Å². The van der Waals surface area contributed by atoms with Gasteiger partial charge in [0.1, 0.15) is 12.1 Å². The first-order valence-electron chi connectivity index (χ1n) is 6.65. The second kappa shape index (κ2) is 6.10. The molecule has 0 aliphatic carbocycles. The molecule has 0 saturated carbocycles. The minimum atomic E-state index is -0.142. The quantitative estimate of drug-likeness (QED) is 0.747. The van der Waals surface area contributed by atoms with Crippen LogP contribution in [0.3, 0.4) is 0 Å². The summed E-state index contributed by atoms with van der Waals surface area (Å²) in [6.45, 7) is 4.79. The van der Waals surface area contributed by atoms with Gasteiger partial charge in [-0.05, 0) is 43.5 Å². The average molecular weight is 249 g/mol. The summed E-state index contributed by atoms with van der Waals surface area (Å²) >= 11 is 0. The van der Waals surface area contributed by atoms with Crippen LogP contribution in [0.4, 0.5) is 4.39 Å². The van der Waals surface area contributed by atoms with Gasteiger partial charge in [-0.15, -0.1) is 0 Å². The van der Waals surface area contributed by atoms with E-state index in [0.717, 1.165) is 30.5 Å². The minimum absolute atomic E-state index is 0.0952. The molecule has 98 valence electrons. The Labute approximate surface area is 108 Å². The Morgan fingerprint density at radius 3 is 2.72 bits per heavy atom. The highest BCUT2D eigenvalue weighted by molar-refractivity contribution is 5.51. The van der Waals surface area contributed by atoms with Crippen LogP contribution in [-0.4, -0.2) is 24.3 Å². The molecule has 0 bridgehead atoms. The maximum atomic E-state index is 14.0. The van der Waals surface area contributed by atoms with Crippen molar-refractivity contribution < 1.29 is 9.18 Å². The van der Waals surface area contributed by atoms with Crippen LogP contribution < -0.4 is 0 Å². The van der Waals surface area contributed by atoms with Gasteiger partial charge >= 0.3 is 0 Å². The second-order valence-corrected chi connectivity index (χ2v) is 5.14. The van der Waals surface area contributed by atoms with E-state index in [1.807, 2.05) is 19.1 Å². The molecule has 0 amide bonds. The van der Waals surface area contributed by atoms with Gasteiger partial charge in [-0.25, -0.2) is 4.39 Å². The van der Waals surface area contributed by atoms with Crippen LogP contribution in [0.1, 0.15) is 43.2 Å². The fourth-order valence-electron chi connectivity index (χ4n) is 2.46. The summed E-state index contributed by atoms with van der Waals surface area (Å²) in [5, 5.41) is 0. The molecule has 2 nitrogen and oxygen atoms in total. The van der Waals surface area contributed by atoms with Gasteiger partial charge in [0.25, 0.3) is 0 Å². The van der Waals surface area contributed by atoms with E-state index in [9.17, 15) is 9.18 Å². The van der Waals surface area contributed by atoms with Crippen LogP contribution in [0.15, 0.2) is 18.2 Å². The topological polar surface area (TPSA) is 20.3 Å². The Morgan fingerprint density at radius 1 is 1.39 bits per heavy atom. The first kappa shape index (κ1) is 13.2. The van der Waals surface area contributed by atoms with E-state index in [1.165, 1.54) is 12.8 Å². The van der Waals surface area contributed by atoms with E-state index in [-0.39, 0.29) is 11.7 Å². The van der Waals surface area contributed by atoms with Gasteiger partial charge in [0.05, 0.1) is 0 Å². The molecule has 1 fully saturated rings. The third-order valence-corrected chi connectivity index (χ3v) is 3.69. The third-order valence-electron chi connectivity index (χ3n) is 3.69. The van der Waals surface area contributed by atoms with Gasteiger partial charge in [0, 0.05) is 18.5 Å². The number of aldehydes is 1. The number of hydrogen-bond donors (Lipinski definition) is 0. The van der Waals surface area contributed by atoms with Gasteiger partial charge in [0.15, 0.2) is 0 Å². The Bertz CT molecular complexity index is 413. The molecule has 1 unspecified atom stereocenters. The lowest BCUT2D eigenvalue weighted by Crippen LogP contribution is -2.19. The standard InChI is InChI=1S/C15H20FNO/c1-12(6-9-18)13-4-5-14(15(16)10-13)11-17-7-2-3-8-17/h4-5,9-10,12H,2-3,6-8,11H2,1H3. The monoisotopic (exact) mass is 249 g/mol. The number of carbonyl (C=O) groups excluding carboxylic acids is 1. The summed E-state index contributed by atoms with van der Waals surface area (Å²) in [7, 11) is 0. The lowest BCUT2D eigenvalue weighted by Gasteiger charge is -2.16. The Balaban J connectivity index is 2.06. The van der Waals surface area contributed by atoms with Crippen LogP contribution in [0.5, 0.6) is 0 Å². The SMILES string of the molecule is CC(CC=O)c1ccc(CN2CCCC2)c(F)c1. The zero-order chi connectivity index (χ0) is 13.0. The number of halogens is 1. The summed E-state index contributed by atoms with van der Waals surface area (Å²) in [6, 6.07) is 5.40. The van der Waals surface area contributed by atoms with Crippen LogP contribution in [0, 0.1) is 5.82 Å². The summed E-state index contributed by atoms with van der Waals surface area (Å²) in [6.07, 6.45) is 3.78. The van der Waals surface area contributed by atoms with Gasteiger partial charge < -0.3 is 4.79 Å². The fourth-order valence-corrected chi connectivity index (χ4v) is 2.46. The highest BCUT2D eigenvalue weighted by Crippen LogP contribution is 2.22. The summed E-state index contributed by atoms with van der Waals surface area (Å²) in [5.74, 6) is -0.0463. The maximum Gasteiger partial charge on any atom is 0.127 e. The number of benzene rings is 1. The van der Waals surface area contributed by atoms with Crippen molar-refractivity contribution in [2.75, 3.05) is 13.1 Å². The van der Waals surface area contributed by atoms with E-state index >= 15 is 0 Å². The molecule has 1 aliphatic heterocycles. The van der Waals surface area contributed by atoms with Gasteiger partial charge in [-0.3, -0.25) is 4.90 Å². The van der Waals surface area contributed by atoms with Crippen molar-refractivity contribution in [2.24, 2.45) is 0 Å². The molecule has 0 N–H and O–H groups in total. The van der Waals surface area contributed by atoms with Gasteiger partial charge in [-0.1, -0.05) is 19.1 Å². The number of likely N-dealkylation sites (tertiary alicyclic amines) is 1. The molecule has 1 saturated heterocycles. The predicted molar refractivity (Wildman–Crippen MR) is 70.0 cm³/mol. The molecular formula is C15H20FNO. The summed E-state index contributed by atoms with van der Waals surface area (Å²) in [4.78, 5) is 12.8. The van der Waals surface area contributed by atoms with Crippen molar-refractivity contribution in [1.82, 2.24) is 4.90 Å². The lowest BCUT2D eigenvalue weighted by atomic mass is 9.97. The largest absolute Gasteiger partial charge is 0.303 e. The minimum Gasteiger partial charge on any atom is -0.303 e. The molecule has 1 aliphatic rings. The van der Waals surface area contributed by atoms with E-state index in [1.54, 1.807) is 6.07 Å². The molecule has 18 heavy (non-hydrogen) atoms. The predicted octanol–water partition coefficient (Wildman–Crippen LogP) is 3.11. The Kier molecular flexibility index (Phi) is 4.48. The van der Waals surface area contributed by atoms with E-state index in [2.05, 4.69) is 4.90 Å². The normalized spacial score (nSPS) is 17.9. The van der Waals surface area contributed by atoms with Crippen molar-refractivity contribution >= 4 is 6.29 Å². The van der Waals surface area contributed by atoms with E-state index in [0.29, 0.717) is 13.0 Å². The Hall–Kier alpha value is -1.22. The smallest absolute Gasteiger partial charge is 0.127 e. The van der Waals surface area contributed by atoms with Crippen LogP contribution in [-0.2, 0) is 11.3 Å². The molecule has 0 aromatic heterocycles. The van der Waals surface area contributed by atoms with Crippen LogP contribution in [0.25, 0.3) is 0 Å². The van der Waals surface area contributed by atoms with Crippen molar-refractivity contribution in [3.8, 4) is 0 Å². The zero-order valence-corrected chi connectivity index (χ0v) is 10.9. The van der Waals surface area contributed by atoms with Crippen LogP contribution in [0.2, 0.25) is 0 Å². The average Bonchev–Trinajstić information content (AvgIpc) is 2.85. The second-order valence-electron chi connectivity index (χ2n) is 5.14. The first-order chi connectivity index (χ1) is 8.70. The molecule has 1 atom stereocenters. The van der Waals surface area contributed by atoms with Crippen LogP contribution >= 0.6 is 0 Å². The van der Waals surface area contributed by atoms with Crippen molar-refractivity contribution in [1.29, 1.82) is 0 Å².